The topological polar surface area (TPSA) is 26.3 Å². The molecule has 0 bridgehead atoms. The maximum Gasteiger partial charge on any atom is 0.163 e. The first-order chi connectivity index (χ1) is 9.78. The van der Waals surface area contributed by atoms with Crippen LogP contribution in [0.4, 0.5) is 0 Å². The van der Waals surface area contributed by atoms with Crippen LogP contribution >= 0.6 is 0 Å². The zero-order valence-electron chi connectivity index (χ0n) is 11.3. The van der Waals surface area contributed by atoms with E-state index in [2.05, 4.69) is 24.3 Å². The third-order valence-corrected chi connectivity index (χ3v) is 4.19. The zero-order valence-corrected chi connectivity index (χ0v) is 11.3. The lowest BCUT2D eigenvalue weighted by Crippen LogP contribution is -2.09. The molecule has 0 unspecified atom stereocenters. The van der Waals surface area contributed by atoms with Gasteiger partial charge in [-0.1, -0.05) is 30.3 Å². The maximum atomic E-state index is 12.1. The van der Waals surface area contributed by atoms with Crippen molar-refractivity contribution in [2.24, 2.45) is 0 Å². The zero-order chi connectivity index (χ0) is 13.7. The van der Waals surface area contributed by atoms with Gasteiger partial charge in [0.2, 0.25) is 0 Å². The lowest BCUT2D eigenvalue weighted by atomic mass is 9.94. The molecule has 0 saturated carbocycles. The summed E-state index contributed by atoms with van der Waals surface area (Å²) in [5, 5.41) is 2.43. The predicted molar refractivity (Wildman–Crippen MR) is 79.3 cm³/mol. The second kappa shape index (κ2) is 4.07. The average Bonchev–Trinajstić information content (AvgIpc) is 2.85. The summed E-state index contributed by atoms with van der Waals surface area (Å²) >= 11 is 0. The van der Waals surface area contributed by atoms with Crippen molar-refractivity contribution in [2.45, 2.75) is 12.8 Å². The van der Waals surface area contributed by atoms with Crippen LogP contribution in [0.25, 0.3) is 16.3 Å². The van der Waals surface area contributed by atoms with E-state index in [9.17, 15) is 4.79 Å². The number of hydrogen-bond acceptors (Lipinski definition) is 2. The first kappa shape index (κ1) is 11.5. The molecule has 0 atom stereocenters. The molecule has 2 aliphatic carbocycles. The van der Waals surface area contributed by atoms with Gasteiger partial charge in [0, 0.05) is 24.0 Å². The maximum absolute atomic E-state index is 12.1. The fourth-order valence-corrected chi connectivity index (χ4v) is 3.22. The summed E-state index contributed by atoms with van der Waals surface area (Å²) in [6.07, 6.45) is 3.08. The van der Waals surface area contributed by atoms with Gasteiger partial charge in [0.25, 0.3) is 0 Å². The number of Topliss-reactive ketones (excluding diaryl/α,β-unsaturated/α-hetero) is 1. The molecule has 2 aromatic rings. The molecule has 0 fully saturated rings. The second-order valence-electron chi connectivity index (χ2n) is 5.29. The number of methoxy groups -OCH3 is 1. The Morgan fingerprint density at radius 2 is 1.85 bits per heavy atom. The minimum Gasteiger partial charge on any atom is -0.496 e. The van der Waals surface area contributed by atoms with Gasteiger partial charge >= 0.3 is 0 Å². The van der Waals surface area contributed by atoms with E-state index in [-0.39, 0.29) is 5.78 Å². The van der Waals surface area contributed by atoms with Gasteiger partial charge in [-0.25, -0.2) is 0 Å². The summed E-state index contributed by atoms with van der Waals surface area (Å²) in [6, 6.07) is 12.7. The minimum absolute atomic E-state index is 0.223. The van der Waals surface area contributed by atoms with Crippen LogP contribution in [0.1, 0.15) is 17.5 Å². The smallest absolute Gasteiger partial charge is 0.163 e. The van der Waals surface area contributed by atoms with E-state index in [1.807, 2.05) is 18.2 Å². The number of allylic oxidation sites excluding steroid dienone is 3. The highest BCUT2D eigenvalue weighted by molar-refractivity contribution is 6.11. The number of fused-ring (bicyclic) bond motifs is 3. The number of carbonyl (C=O) groups is 1. The van der Waals surface area contributed by atoms with Crippen molar-refractivity contribution < 1.29 is 9.53 Å². The van der Waals surface area contributed by atoms with E-state index in [0.717, 1.165) is 28.9 Å². The summed E-state index contributed by atoms with van der Waals surface area (Å²) in [7, 11) is 1.67. The highest BCUT2D eigenvalue weighted by Crippen LogP contribution is 2.42. The summed E-state index contributed by atoms with van der Waals surface area (Å²) in [5.41, 5.74) is 4.30. The highest BCUT2D eigenvalue weighted by Gasteiger charge is 2.31. The van der Waals surface area contributed by atoms with Crippen molar-refractivity contribution in [2.75, 3.05) is 7.11 Å². The Hall–Kier alpha value is -2.35. The van der Waals surface area contributed by atoms with E-state index >= 15 is 0 Å². The van der Waals surface area contributed by atoms with Gasteiger partial charge in [0.15, 0.2) is 5.78 Å². The van der Waals surface area contributed by atoms with E-state index in [4.69, 9.17) is 4.74 Å². The Labute approximate surface area is 117 Å². The quantitative estimate of drug-likeness (QED) is 0.784. The monoisotopic (exact) mass is 262 g/mol. The minimum atomic E-state index is 0.223. The van der Waals surface area contributed by atoms with E-state index in [1.165, 1.54) is 16.3 Å². The van der Waals surface area contributed by atoms with Gasteiger partial charge in [-0.2, -0.15) is 0 Å². The van der Waals surface area contributed by atoms with Gasteiger partial charge < -0.3 is 4.74 Å². The van der Waals surface area contributed by atoms with Crippen LogP contribution in [0.3, 0.4) is 0 Å². The Bertz CT molecular complexity index is 809. The molecule has 0 amide bonds. The fourth-order valence-electron chi connectivity index (χ4n) is 3.22. The molecule has 2 aliphatic rings. The number of benzene rings is 2. The number of ketones is 1. The predicted octanol–water partition coefficient (Wildman–Crippen LogP) is 3.65. The lowest BCUT2D eigenvalue weighted by molar-refractivity contribution is -0.114. The van der Waals surface area contributed by atoms with E-state index in [1.54, 1.807) is 7.11 Å². The molecule has 2 aromatic carbocycles. The molecule has 0 heterocycles. The normalized spacial score (nSPS) is 17.1. The largest absolute Gasteiger partial charge is 0.496 e. The summed E-state index contributed by atoms with van der Waals surface area (Å²) in [6.45, 7) is 0. The lowest BCUT2D eigenvalue weighted by Gasteiger charge is -2.15. The van der Waals surface area contributed by atoms with Crippen LogP contribution in [0, 0.1) is 0 Å². The van der Waals surface area contributed by atoms with E-state index < -0.39 is 0 Å². The summed E-state index contributed by atoms with van der Waals surface area (Å²) < 4.78 is 5.47. The van der Waals surface area contributed by atoms with Gasteiger partial charge in [-0.3, -0.25) is 4.79 Å². The standard InChI is InChI=1S/C18H14O2/c1-20-17-7-6-16(19)15-10-13-8-11-4-2-3-5-12(11)9-14(13)18(15)17/h2-5,7-9H,6,10H2,1H3. The number of rotatable bonds is 1. The molecule has 0 aromatic heterocycles. The first-order valence-electron chi connectivity index (χ1n) is 6.81. The average molecular weight is 262 g/mol. The van der Waals surface area contributed by atoms with Crippen molar-refractivity contribution in [1.29, 1.82) is 0 Å². The van der Waals surface area contributed by atoms with Crippen molar-refractivity contribution in [3.63, 3.8) is 0 Å². The van der Waals surface area contributed by atoms with Crippen molar-refractivity contribution in [3.8, 4) is 0 Å². The third-order valence-electron chi connectivity index (χ3n) is 4.19. The third kappa shape index (κ3) is 1.48. The van der Waals surface area contributed by atoms with Crippen molar-refractivity contribution >= 4 is 22.1 Å². The number of ether oxygens (including phenoxy) is 1. The van der Waals surface area contributed by atoms with Crippen LogP contribution in [0.5, 0.6) is 0 Å². The van der Waals surface area contributed by atoms with Gasteiger partial charge in [-0.05, 0) is 34.0 Å². The SMILES string of the molecule is COC1=CCC(=O)C2=C1c1cc3ccccc3cc1C2. The van der Waals surface area contributed by atoms with Gasteiger partial charge in [-0.15, -0.1) is 0 Å². The molecule has 4 rings (SSSR count). The Kier molecular flexibility index (Phi) is 2.34. The molecule has 0 N–H and O–H groups in total. The molecule has 0 spiro atoms. The molecule has 20 heavy (non-hydrogen) atoms. The molecule has 0 saturated heterocycles. The molecule has 98 valence electrons. The van der Waals surface area contributed by atoms with Gasteiger partial charge in [0.1, 0.15) is 5.76 Å². The number of carbonyl (C=O) groups excluding carboxylic acids is 1. The van der Waals surface area contributed by atoms with Crippen molar-refractivity contribution in [3.05, 3.63) is 64.9 Å². The van der Waals surface area contributed by atoms with Crippen LogP contribution < -0.4 is 0 Å². The molecule has 2 nitrogen and oxygen atoms in total. The first-order valence-corrected chi connectivity index (χ1v) is 6.81. The Morgan fingerprint density at radius 3 is 2.60 bits per heavy atom. The molecule has 0 aliphatic heterocycles. The number of hydrogen-bond donors (Lipinski definition) is 0. The molecular weight excluding hydrogens is 248 g/mol. The summed E-state index contributed by atoms with van der Waals surface area (Å²) in [4.78, 5) is 12.1. The molecule has 0 radical (unpaired) electrons. The van der Waals surface area contributed by atoms with Gasteiger partial charge in [0.05, 0.1) is 7.11 Å². The van der Waals surface area contributed by atoms with E-state index in [0.29, 0.717) is 6.42 Å². The fraction of sp³-hybridized carbons (Fsp3) is 0.167. The molecular formula is C18H14O2. The van der Waals surface area contributed by atoms with Crippen LogP contribution in [0.2, 0.25) is 0 Å². The second-order valence-corrected chi connectivity index (χ2v) is 5.29. The Morgan fingerprint density at radius 1 is 1.10 bits per heavy atom. The summed E-state index contributed by atoms with van der Waals surface area (Å²) in [5.74, 6) is 1.06. The molecule has 2 heteroatoms. The van der Waals surface area contributed by atoms with Crippen LogP contribution in [0.15, 0.2) is 53.8 Å². The van der Waals surface area contributed by atoms with Crippen LogP contribution in [-0.4, -0.2) is 12.9 Å². The highest BCUT2D eigenvalue weighted by atomic mass is 16.5. The van der Waals surface area contributed by atoms with Crippen molar-refractivity contribution in [1.82, 2.24) is 0 Å². The van der Waals surface area contributed by atoms with Crippen LogP contribution in [-0.2, 0) is 16.0 Å². The Balaban J connectivity index is 1.98.